The Morgan fingerprint density at radius 3 is 2.42 bits per heavy atom. The Hall–Kier alpha value is -1.81. The number of esters is 1. The summed E-state index contributed by atoms with van der Waals surface area (Å²) >= 11 is 0. The van der Waals surface area contributed by atoms with Crippen molar-refractivity contribution in [3.05, 3.63) is 43.0 Å². The fraction of sp³-hybridized carbons (Fsp3) is 0.591. The van der Waals surface area contributed by atoms with Crippen LogP contribution in [0.4, 0.5) is 0 Å². The Bertz CT molecular complexity index is 498. The van der Waals surface area contributed by atoms with Crippen LogP contribution in [0, 0.1) is 5.92 Å². The van der Waals surface area contributed by atoms with Crippen LogP contribution in [0.3, 0.4) is 0 Å². The van der Waals surface area contributed by atoms with Crippen LogP contribution in [0.15, 0.2) is 43.0 Å². The number of rotatable bonds is 14. The van der Waals surface area contributed by atoms with Gasteiger partial charge in [0.05, 0.1) is 12.0 Å². The van der Waals surface area contributed by atoms with Crippen LogP contribution >= 0.6 is 0 Å². The van der Waals surface area contributed by atoms with E-state index in [-0.39, 0.29) is 18.3 Å². The minimum absolute atomic E-state index is 0.232. The van der Waals surface area contributed by atoms with Crippen molar-refractivity contribution in [1.82, 2.24) is 0 Å². The van der Waals surface area contributed by atoms with Crippen molar-refractivity contribution in [2.24, 2.45) is 5.92 Å². The molecule has 0 spiro atoms. The first-order valence-corrected chi connectivity index (χ1v) is 9.74. The Kier molecular flexibility index (Phi) is 11.5. The highest BCUT2D eigenvalue weighted by molar-refractivity contribution is 5.71. The van der Waals surface area contributed by atoms with E-state index < -0.39 is 12.4 Å². The maximum atomic E-state index is 11.9. The van der Waals surface area contributed by atoms with Crippen LogP contribution in [-0.4, -0.2) is 23.5 Å². The second-order valence-electron chi connectivity index (χ2n) is 6.98. The van der Waals surface area contributed by atoms with Gasteiger partial charge in [0.25, 0.3) is 0 Å². The highest BCUT2D eigenvalue weighted by Crippen LogP contribution is 2.18. The Morgan fingerprint density at radius 2 is 1.77 bits per heavy atom. The van der Waals surface area contributed by atoms with Gasteiger partial charge in [0, 0.05) is 6.42 Å². The van der Waals surface area contributed by atoms with Gasteiger partial charge in [0.15, 0.2) is 0 Å². The smallest absolute Gasteiger partial charge is 0.311 e. The second-order valence-corrected chi connectivity index (χ2v) is 6.98. The SMILES string of the molecule is C=CCCCCCCCC(O)CC(OC(=O)C(C)C)Oc1ccccc1. The van der Waals surface area contributed by atoms with Gasteiger partial charge in [-0.05, 0) is 31.4 Å². The maximum Gasteiger partial charge on any atom is 0.311 e. The van der Waals surface area contributed by atoms with Crippen LogP contribution in [0.5, 0.6) is 5.75 Å². The summed E-state index contributed by atoms with van der Waals surface area (Å²) < 4.78 is 11.2. The van der Waals surface area contributed by atoms with Crippen LogP contribution in [0.25, 0.3) is 0 Å². The molecule has 0 saturated carbocycles. The summed E-state index contributed by atoms with van der Waals surface area (Å²) in [5.74, 6) is 0.0772. The van der Waals surface area contributed by atoms with Crippen molar-refractivity contribution < 1.29 is 19.4 Å². The third-order valence-electron chi connectivity index (χ3n) is 4.14. The minimum Gasteiger partial charge on any atom is -0.455 e. The fourth-order valence-electron chi connectivity index (χ4n) is 2.58. The molecule has 26 heavy (non-hydrogen) atoms. The topological polar surface area (TPSA) is 55.8 Å². The molecule has 0 saturated heterocycles. The van der Waals surface area contributed by atoms with Gasteiger partial charge in [0.2, 0.25) is 6.29 Å². The minimum atomic E-state index is -0.769. The number of aliphatic hydroxyl groups excluding tert-OH is 1. The van der Waals surface area contributed by atoms with Crippen LogP contribution < -0.4 is 4.74 Å². The predicted molar refractivity (Wildman–Crippen MR) is 105 cm³/mol. The highest BCUT2D eigenvalue weighted by atomic mass is 16.7. The van der Waals surface area contributed by atoms with Crippen LogP contribution in [0.2, 0.25) is 0 Å². The zero-order valence-electron chi connectivity index (χ0n) is 16.2. The Balaban J connectivity index is 2.40. The van der Waals surface area contributed by atoms with E-state index in [2.05, 4.69) is 6.58 Å². The average Bonchev–Trinajstić information content (AvgIpc) is 2.61. The maximum absolute atomic E-state index is 11.9. The number of carbonyl (C=O) groups is 1. The Labute approximate surface area is 158 Å². The molecule has 0 aliphatic heterocycles. The summed E-state index contributed by atoms with van der Waals surface area (Å²) in [6.45, 7) is 7.29. The summed E-state index contributed by atoms with van der Waals surface area (Å²) in [5, 5.41) is 10.3. The molecule has 0 amide bonds. The normalized spacial score (nSPS) is 13.2. The largest absolute Gasteiger partial charge is 0.455 e. The number of hydrogen-bond acceptors (Lipinski definition) is 4. The van der Waals surface area contributed by atoms with E-state index in [0.29, 0.717) is 12.2 Å². The number of carbonyl (C=O) groups excluding carboxylic acids is 1. The van der Waals surface area contributed by atoms with E-state index in [9.17, 15) is 9.90 Å². The number of benzene rings is 1. The molecule has 1 aromatic rings. The standard InChI is InChI=1S/C22H34O4/c1-4-5-6-7-8-9-11-14-19(23)17-21(26-22(24)18(2)3)25-20-15-12-10-13-16-20/h4,10,12-13,15-16,18-19,21,23H,1,5-9,11,14,17H2,2-3H3. The van der Waals surface area contributed by atoms with Crippen molar-refractivity contribution in [3.63, 3.8) is 0 Å². The molecule has 2 unspecified atom stereocenters. The zero-order chi connectivity index (χ0) is 19.2. The van der Waals surface area contributed by atoms with E-state index >= 15 is 0 Å². The van der Waals surface area contributed by atoms with Gasteiger partial charge in [-0.3, -0.25) is 4.79 Å². The summed E-state index contributed by atoms with van der Waals surface area (Å²) in [7, 11) is 0. The first-order chi connectivity index (χ1) is 12.5. The molecule has 4 nitrogen and oxygen atoms in total. The molecule has 1 N–H and O–H groups in total. The summed E-state index contributed by atoms with van der Waals surface area (Å²) in [6, 6.07) is 9.24. The molecule has 1 rings (SSSR count). The van der Waals surface area contributed by atoms with Crippen molar-refractivity contribution in [2.75, 3.05) is 0 Å². The van der Waals surface area contributed by atoms with Crippen LogP contribution in [0.1, 0.15) is 65.2 Å². The number of ether oxygens (including phenoxy) is 2. The Morgan fingerprint density at radius 1 is 1.12 bits per heavy atom. The zero-order valence-corrected chi connectivity index (χ0v) is 16.2. The molecule has 0 aromatic heterocycles. The van der Waals surface area contributed by atoms with E-state index in [4.69, 9.17) is 9.47 Å². The molecule has 0 aliphatic rings. The third kappa shape index (κ3) is 10.2. The molecule has 1 aromatic carbocycles. The van der Waals surface area contributed by atoms with E-state index in [1.807, 2.05) is 36.4 Å². The van der Waals surface area contributed by atoms with Gasteiger partial charge in [-0.1, -0.05) is 63.8 Å². The molecule has 0 radical (unpaired) electrons. The van der Waals surface area contributed by atoms with E-state index in [1.165, 1.54) is 19.3 Å². The van der Waals surface area contributed by atoms with Crippen molar-refractivity contribution >= 4 is 5.97 Å². The first-order valence-electron chi connectivity index (χ1n) is 9.74. The van der Waals surface area contributed by atoms with Gasteiger partial charge in [-0.25, -0.2) is 0 Å². The van der Waals surface area contributed by atoms with Crippen molar-refractivity contribution in [1.29, 1.82) is 0 Å². The van der Waals surface area contributed by atoms with Gasteiger partial charge in [0.1, 0.15) is 5.75 Å². The fourth-order valence-corrected chi connectivity index (χ4v) is 2.58. The lowest BCUT2D eigenvalue weighted by Gasteiger charge is -2.23. The second kappa shape index (κ2) is 13.4. The number of unbranched alkanes of at least 4 members (excludes halogenated alkanes) is 5. The van der Waals surface area contributed by atoms with Gasteiger partial charge in [-0.2, -0.15) is 0 Å². The van der Waals surface area contributed by atoms with E-state index in [1.54, 1.807) is 13.8 Å². The predicted octanol–water partition coefficient (Wildman–Crippen LogP) is 5.26. The van der Waals surface area contributed by atoms with Gasteiger partial charge < -0.3 is 14.6 Å². The number of allylic oxidation sites excluding steroid dienone is 1. The molecule has 2 atom stereocenters. The molecule has 0 bridgehead atoms. The van der Waals surface area contributed by atoms with Crippen molar-refractivity contribution in [2.45, 2.75) is 77.6 Å². The summed E-state index contributed by atoms with van der Waals surface area (Å²) in [4.78, 5) is 11.9. The third-order valence-corrected chi connectivity index (χ3v) is 4.14. The number of para-hydroxylation sites is 1. The van der Waals surface area contributed by atoms with Gasteiger partial charge in [-0.15, -0.1) is 6.58 Å². The monoisotopic (exact) mass is 362 g/mol. The molecule has 0 heterocycles. The molecular weight excluding hydrogens is 328 g/mol. The van der Waals surface area contributed by atoms with Crippen molar-refractivity contribution in [3.8, 4) is 5.75 Å². The molecule has 0 fully saturated rings. The number of hydrogen-bond donors (Lipinski definition) is 1. The molecule has 0 aliphatic carbocycles. The summed E-state index contributed by atoms with van der Waals surface area (Å²) in [5.41, 5.74) is 0. The lowest BCUT2D eigenvalue weighted by molar-refractivity contribution is -0.171. The first kappa shape index (κ1) is 22.2. The quantitative estimate of drug-likeness (QED) is 0.212. The van der Waals surface area contributed by atoms with Crippen LogP contribution in [-0.2, 0) is 9.53 Å². The molecule has 146 valence electrons. The molecular formula is C22H34O4. The lowest BCUT2D eigenvalue weighted by Crippen LogP contribution is -2.30. The average molecular weight is 363 g/mol. The molecule has 4 heteroatoms. The highest BCUT2D eigenvalue weighted by Gasteiger charge is 2.22. The van der Waals surface area contributed by atoms with Gasteiger partial charge >= 0.3 is 5.97 Å². The summed E-state index contributed by atoms with van der Waals surface area (Å²) in [6.07, 6.45) is 8.31. The lowest BCUT2D eigenvalue weighted by atomic mass is 10.1. The number of aliphatic hydroxyl groups is 1. The van der Waals surface area contributed by atoms with E-state index in [0.717, 1.165) is 19.3 Å².